The fourth-order valence-corrected chi connectivity index (χ4v) is 3.59. The van der Waals surface area contributed by atoms with Crippen LogP contribution in [0.5, 0.6) is 0 Å². The van der Waals surface area contributed by atoms with E-state index in [2.05, 4.69) is 10.4 Å². The Bertz CT molecular complexity index is 991. The molecular weight excluding hydrogens is 355 g/mol. The highest BCUT2D eigenvalue weighted by Crippen LogP contribution is 2.28. The van der Waals surface area contributed by atoms with Crippen LogP contribution >= 0.6 is 0 Å². The third-order valence-electron chi connectivity index (χ3n) is 5.12. The van der Waals surface area contributed by atoms with Crippen LogP contribution in [0, 0.1) is 5.82 Å². The lowest BCUT2D eigenvalue weighted by Gasteiger charge is -2.12. The zero-order chi connectivity index (χ0) is 19.7. The van der Waals surface area contributed by atoms with Crippen LogP contribution in [-0.2, 0) is 19.4 Å². The molecule has 4 rings (SSSR count). The van der Waals surface area contributed by atoms with Gasteiger partial charge in [-0.05, 0) is 61.2 Å². The van der Waals surface area contributed by atoms with Gasteiger partial charge in [-0.15, -0.1) is 0 Å². The van der Waals surface area contributed by atoms with E-state index in [4.69, 9.17) is 0 Å². The van der Waals surface area contributed by atoms with Gasteiger partial charge >= 0.3 is 0 Å². The summed E-state index contributed by atoms with van der Waals surface area (Å²) in [7, 11) is 3.99. The third-order valence-corrected chi connectivity index (χ3v) is 5.12. The standard InChI is InChI=1S/C22H23FN4O/c1-26(2)17-10-6-15(7-11-17)14-24-22(28)21-19-4-3-5-20(19)27(25-21)18-12-8-16(23)9-13-18/h6-13H,3-5,14H2,1-2H3,(H,24,28). The average Bonchev–Trinajstić information content (AvgIpc) is 3.30. The molecule has 1 heterocycles. The summed E-state index contributed by atoms with van der Waals surface area (Å²) in [6, 6.07) is 14.3. The first-order valence-corrected chi connectivity index (χ1v) is 9.44. The van der Waals surface area contributed by atoms with Crippen molar-refractivity contribution in [2.24, 2.45) is 0 Å². The second-order valence-corrected chi connectivity index (χ2v) is 7.26. The molecule has 144 valence electrons. The molecule has 2 aromatic carbocycles. The van der Waals surface area contributed by atoms with E-state index in [0.717, 1.165) is 47.5 Å². The van der Waals surface area contributed by atoms with Crippen LogP contribution in [-0.4, -0.2) is 29.8 Å². The Kier molecular flexibility index (Phi) is 4.86. The summed E-state index contributed by atoms with van der Waals surface area (Å²) in [6.45, 7) is 0.449. The molecule has 1 N–H and O–H groups in total. The number of rotatable bonds is 5. The van der Waals surface area contributed by atoms with E-state index in [-0.39, 0.29) is 11.7 Å². The number of carbonyl (C=O) groups excluding carboxylic acids is 1. The third kappa shape index (κ3) is 3.50. The van der Waals surface area contributed by atoms with Crippen molar-refractivity contribution in [1.82, 2.24) is 15.1 Å². The van der Waals surface area contributed by atoms with Crippen LogP contribution in [0.4, 0.5) is 10.1 Å². The number of hydrogen-bond acceptors (Lipinski definition) is 3. The number of benzene rings is 2. The molecule has 5 nitrogen and oxygen atoms in total. The molecule has 0 aliphatic heterocycles. The zero-order valence-corrected chi connectivity index (χ0v) is 16.1. The Morgan fingerprint density at radius 3 is 2.50 bits per heavy atom. The van der Waals surface area contributed by atoms with E-state index in [0.29, 0.717) is 12.2 Å². The first-order chi connectivity index (χ1) is 13.5. The molecule has 1 amide bonds. The molecule has 3 aromatic rings. The lowest BCUT2D eigenvalue weighted by Crippen LogP contribution is -2.24. The highest BCUT2D eigenvalue weighted by Gasteiger charge is 2.26. The fourth-order valence-electron chi connectivity index (χ4n) is 3.59. The maximum Gasteiger partial charge on any atom is 0.272 e. The first-order valence-electron chi connectivity index (χ1n) is 9.44. The normalized spacial score (nSPS) is 12.7. The molecule has 1 aromatic heterocycles. The van der Waals surface area contributed by atoms with Crippen LogP contribution in [0.3, 0.4) is 0 Å². The molecule has 0 saturated heterocycles. The van der Waals surface area contributed by atoms with Crippen molar-refractivity contribution in [2.45, 2.75) is 25.8 Å². The molecule has 6 heteroatoms. The predicted octanol–water partition coefficient (Wildman–Crippen LogP) is 3.50. The molecule has 0 radical (unpaired) electrons. The molecule has 1 aliphatic rings. The SMILES string of the molecule is CN(C)c1ccc(CNC(=O)c2nn(-c3ccc(F)cc3)c3c2CCC3)cc1. The van der Waals surface area contributed by atoms with Gasteiger partial charge in [-0.25, -0.2) is 9.07 Å². The van der Waals surface area contributed by atoms with E-state index >= 15 is 0 Å². The number of halogens is 1. The Morgan fingerprint density at radius 2 is 1.82 bits per heavy atom. The topological polar surface area (TPSA) is 50.2 Å². The Morgan fingerprint density at radius 1 is 1.11 bits per heavy atom. The van der Waals surface area contributed by atoms with E-state index < -0.39 is 0 Å². The largest absolute Gasteiger partial charge is 0.378 e. The van der Waals surface area contributed by atoms with E-state index in [1.807, 2.05) is 43.3 Å². The Labute approximate surface area is 163 Å². The lowest BCUT2D eigenvalue weighted by molar-refractivity contribution is 0.0944. The van der Waals surface area contributed by atoms with Crippen LogP contribution in [0.1, 0.15) is 33.7 Å². The van der Waals surface area contributed by atoms with E-state index in [1.165, 1.54) is 12.1 Å². The van der Waals surface area contributed by atoms with Crippen molar-refractivity contribution < 1.29 is 9.18 Å². The summed E-state index contributed by atoms with van der Waals surface area (Å²) >= 11 is 0. The molecule has 0 spiro atoms. The Hall–Kier alpha value is -3.15. The molecule has 0 bridgehead atoms. The second kappa shape index (κ2) is 7.46. The zero-order valence-electron chi connectivity index (χ0n) is 16.1. The van der Waals surface area contributed by atoms with Gasteiger partial charge in [0.2, 0.25) is 0 Å². The minimum Gasteiger partial charge on any atom is -0.378 e. The molecule has 0 atom stereocenters. The molecule has 0 fully saturated rings. The summed E-state index contributed by atoms with van der Waals surface area (Å²) in [5, 5.41) is 7.54. The predicted molar refractivity (Wildman–Crippen MR) is 107 cm³/mol. The van der Waals surface area contributed by atoms with Gasteiger partial charge in [0.15, 0.2) is 5.69 Å². The summed E-state index contributed by atoms with van der Waals surface area (Å²) < 4.78 is 15.0. The van der Waals surface area contributed by atoms with Gasteiger partial charge in [-0.1, -0.05) is 12.1 Å². The Balaban J connectivity index is 1.53. The number of nitrogens with one attached hydrogen (secondary N) is 1. The van der Waals surface area contributed by atoms with Gasteiger partial charge in [-0.3, -0.25) is 4.79 Å². The van der Waals surface area contributed by atoms with Crippen molar-refractivity contribution in [3.05, 3.63) is 76.9 Å². The van der Waals surface area contributed by atoms with Crippen molar-refractivity contribution in [3.63, 3.8) is 0 Å². The summed E-state index contributed by atoms with van der Waals surface area (Å²) in [6.07, 6.45) is 2.72. The molecule has 28 heavy (non-hydrogen) atoms. The summed E-state index contributed by atoms with van der Waals surface area (Å²) in [4.78, 5) is 14.8. The number of hydrogen-bond donors (Lipinski definition) is 1. The highest BCUT2D eigenvalue weighted by atomic mass is 19.1. The molecular formula is C22H23FN4O. The number of carbonyl (C=O) groups is 1. The second-order valence-electron chi connectivity index (χ2n) is 7.26. The van der Waals surface area contributed by atoms with Crippen LogP contribution < -0.4 is 10.2 Å². The van der Waals surface area contributed by atoms with Crippen molar-refractivity contribution >= 4 is 11.6 Å². The monoisotopic (exact) mass is 378 g/mol. The van der Waals surface area contributed by atoms with E-state index in [9.17, 15) is 9.18 Å². The van der Waals surface area contributed by atoms with E-state index in [1.54, 1.807) is 16.8 Å². The quantitative estimate of drug-likeness (QED) is 0.739. The smallest absolute Gasteiger partial charge is 0.272 e. The van der Waals surface area contributed by atoms with Gasteiger partial charge in [0, 0.05) is 37.6 Å². The van der Waals surface area contributed by atoms with Crippen LogP contribution in [0.15, 0.2) is 48.5 Å². The van der Waals surface area contributed by atoms with Gasteiger partial charge < -0.3 is 10.2 Å². The maximum atomic E-state index is 13.2. The van der Waals surface area contributed by atoms with Crippen molar-refractivity contribution in [2.75, 3.05) is 19.0 Å². The summed E-state index contributed by atoms with van der Waals surface area (Å²) in [5.41, 5.74) is 5.45. The molecule has 1 aliphatic carbocycles. The lowest BCUT2D eigenvalue weighted by atomic mass is 10.1. The number of nitrogens with zero attached hydrogens (tertiary/aromatic N) is 3. The molecule has 0 saturated carbocycles. The summed E-state index contributed by atoms with van der Waals surface area (Å²) in [5.74, 6) is -0.457. The number of amides is 1. The van der Waals surface area contributed by atoms with Crippen molar-refractivity contribution in [1.29, 1.82) is 0 Å². The number of fused-ring (bicyclic) bond motifs is 1. The average molecular weight is 378 g/mol. The highest BCUT2D eigenvalue weighted by molar-refractivity contribution is 5.94. The van der Waals surface area contributed by atoms with Crippen LogP contribution in [0.25, 0.3) is 5.69 Å². The number of aromatic nitrogens is 2. The minimum atomic E-state index is -0.286. The van der Waals surface area contributed by atoms with Crippen LogP contribution in [0.2, 0.25) is 0 Å². The van der Waals surface area contributed by atoms with Gasteiger partial charge in [-0.2, -0.15) is 5.10 Å². The maximum absolute atomic E-state index is 13.2. The van der Waals surface area contributed by atoms with Gasteiger partial charge in [0.05, 0.1) is 5.69 Å². The number of anilines is 1. The van der Waals surface area contributed by atoms with Crippen molar-refractivity contribution in [3.8, 4) is 5.69 Å². The van der Waals surface area contributed by atoms with Gasteiger partial charge in [0.25, 0.3) is 5.91 Å². The van der Waals surface area contributed by atoms with Gasteiger partial charge in [0.1, 0.15) is 5.82 Å². The molecule has 0 unspecified atom stereocenters. The fraction of sp³-hybridized carbons (Fsp3) is 0.273. The minimum absolute atomic E-state index is 0.171. The first kappa shape index (κ1) is 18.2.